The van der Waals surface area contributed by atoms with Crippen LogP contribution in [0.2, 0.25) is 5.02 Å². The van der Waals surface area contributed by atoms with Gasteiger partial charge in [-0.25, -0.2) is 13.5 Å². The Kier molecular flexibility index (Phi) is 4.57. The lowest BCUT2D eigenvalue weighted by Gasteiger charge is -2.04. The van der Waals surface area contributed by atoms with Crippen LogP contribution in [0.5, 0.6) is 0 Å². The molecule has 0 radical (unpaired) electrons. The minimum absolute atomic E-state index is 0.0202. The van der Waals surface area contributed by atoms with Gasteiger partial charge in [-0.1, -0.05) is 29.8 Å². The summed E-state index contributed by atoms with van der Waals surface area (Å²) in [6.45, 7) is 0. The zero-order valence-corrected chi connectivity index (χ0v) is 13.1. The van der Waals surface area contributed by atoms with E-state index in [2.05, 4.69) is 10.4 Å². The van der Waals surface area contributed by atoms with Gasteiger partial charge in [0.05, 0.1) is 17.1 Å². The SMILES string of the molecule is O=C(Cc1ccccc1F)Nc1ccn(-c2ccc(F)c(Cl)c2)n1. The van der Waals surface area contributed by atoms with Gasteiger partial charge in [0.15, 0.2) is 5.82 Å². The fraction of sp³-hybridized carbons (Fsp3) is 0.0588. The van der Waals surface area contributed by atoms with E-state index in [0.717, 1.165) is 0 Å². The molecule has 0 bridgehead atoms. The predicted octanol–water partition coefficient (Wildman–Crippen LogP) is 3.99. The molecular formula is C17H12ClF2N3O. The molecule has 1 N–H and O–H groups in total. The zero-order chi connectivity index (χ0) is 17.1. The number of halogens is 3. The number of aromatic nitrogens is 2. The molecule has 24 heavy (non-hydrogen) atoms. The first-order valence-corrected chi connectivity index (χ1v) is 7.45. The second-order valence-electron chi connectivity index (χ2n) is 5.06. The van der Waals surface area contributed by atoms with E-state index in [1.807, 2.05) is 0 Å². The Balaban J connectivity index is 1.70. The molecular weight excluding hydrogens is 336 g/mol. The largest absolute Gasteiger partial charge is 0.309 e. The standard InChI is InChI=1S/C17H12ClF2N3O/c18-13-10-12(5-6-15(13)20)23-8-7-16(22-23)21-17(24)9-11-3-1-2-4-14(11)19/h1-8,10H,9H2,(H,21,22,24). The average molecular weight is 348 g/mol. The Bertz CT molecular complexity index is 895. The van der Waals surface area contributed by atoms with Crippen molar-refractivity contribution >= 4 is 23.3 Å². The van der Waals surface area contributed by atoms with Crippen molar-refractivity contribution in [2.24, 2.45) is 0 Å². The maximum atomic E-state index is 13.5. The molecule has 7 heteroatoms. The maximum Gasteiger partial charge on any atom is 0.230 e. The molecule has 0 unspecified atom stereocenters. The first-order chi connectivity index (χ1) is 11.5. The first kappa shape index (κ1) is 16.1. The molecule has 0 fully saturated rings. The molecule has 0 atom stereocenters. The third-order valence-corrected chi connectivity index (χ3v) is 3.62. The van der Waals surface area contributed by atoms with Crippen LogP contribution in [0.3, 0.4) is 0 Å². The number of nitrogens with zero attached hydrogens (tertiary/aromatic N) is 2. The molecule has 0 aliphatic carbocycles. The van der Waals surface area contributed by atoms with E-state index in [0.29, 0.717) is 17.1 Å². The van der Waals surface area contributed by atoms with Gasteiger partial charge in [-0.15, -0.1) is 0 Å². The van der Waals surface area contributed by atoms with Gasteiger partial charge in [-0.2, -0.15) is 5.10 Å². The summed E-state index contributed by atoms with van der Waals surface area (Å²) in [7, 11) is 0. The Hall–Kier alpha value is -2.73. The van der Waals surface area contributed by atoms with Gasteiger partial charge >= 0.3 is 0 Å². The average Bonchev–Trinajstić information content (AvgIpc) is 3.00. The lowest BCUT2D eigenvalue weighted by molar-refractivity contribution is -0.115. The van der Waals surface area contributed by atoms with Crippen LogP contribution in [0, 0.1) is 11.6 Å². The number of amides is 1. The number of benzene rings is 2. The second kappa shape index (κ2) is 6.80. The minimum Gasteiger partial charge on any atom is -0.309 e. The molecule has 1 heterocycles. The molecule has 1 aromatic heterocycles. The molecule has 122 valence electrons. The number of nitrogens with one attached hydrogen (secondary N) is 1. The molecule has 0 aliphatic heterocycles. The van der Waals surface area contributed by atoms with Crippen LogP contribution in [0.25, 0.3) is 5.69 Å². The molecule has 4 nitrogen and oxygen atoms in total. The van der Waals surface area contributed by atoms with Crippen molar-refractivity contribution in [2.45, 2.75) is 6.42 Å². The van der Waals surface area contributed by atoms with Gasteiger partial charge in [0.25, 0.3) is 0 Å². The number of carbonyl (C=O) groups is 1. The fourth-order valence-corrected chi connectivity index (χ4v) is 2.34. The van der Waals surface area contributed by atoms with E-state index in [-0.39, 0.29) is 17.4 Å². The molecule has 3 aromatic rings. The highest BCUT2D eigenvalue weighted by Gasteiger charge is 2.10. The van der Waals surface area contributed by atoms with Crippen molar-refractivity contribution in [1.82, 2.24) is 9.78 Å². The Morgan fingerprint density at radius 3 is 2.67 bits per heavy atom. The van der Waals surface area contributed by atoms with E-state index in [1.54, 1.807) is 30.5 Å². The van der Waals surface area contributed by atoms with Crippen LogP contribution >= 0.6 is 11.6 Å². The van der Waals surface area contributed by atoms with E-state index in [1.165, 1.54) is 28.9 Å². The van der Waals surface area contributed by atoms with Gasteiger partial charge < -0.3 is 5.32 Å². The monoisotopic (exact) mass is 347 g/mol. The summed E-state index contributed by atoms with van der Waals surface area (Å²) in [5, 5.41) is 6.73. The van der Waals surface area contributed by atoms with E-state index < -0.39 is 11.6 Å². The van der Waals surface area contributed by atoms with Gasteiger partial charge in [0, 0.05) is 12.3 Å². The number of rotatable bonds is 4. The smallest absolute Gasteiger partial charge is 0.230 e. The fourth-order valence-electron chi connectivity index (χ4n) is 2.16. The number of hydrogen-bond acceptors (Lipinski definition) is 2. The third kappa shape index (κ3) is 3.60. The van der Waals surface area contributed by atoms with Gasteiger partial charge in [-0.3, -0.25) is 4.79 Å². The van der Waals surface area contributed by atoms with Crippen molar-refractivity contribution in [3.63, 3.8) is 0 Å². The van der Waals surface area contributed by atoms with Crippen LogP contribution in [0.15, 0.2) is 54.7 Å². The lowest BCUT2D eigenvalue weighted by Crippen LogP contribution is -2.15. The minimum atomic E-state index is -0.522. The highest BCUT2D eigenvalue weighted by atomic mass is 35.5. The lowest BCUT2D eigenvalue weighted by atomic mass is 10.1. The van der Waals surface area contributed by atoms with Gasteiger partial charge in [0.2, 0.25) is 5.91 Å². The molecule has 3 rings (SSSR count). The molecule has 0 saturated carbocycles. The first-order valence-electron chi connectivity index (χ1n) is 7.07. The Morgan fingerprint density at radius 1 is 1.12 bits per heavy atom. The third-order valence-electron chi connectivity index (χ3n) is 3.33. The van der Waals surface area contributed by atoms with Gasteiger partial charge in [-0.05, 0) is 29.8 Å². The van der Waals surface area contributed by atoms with Crippen molar-refractivity contribution in [3.8, 4) is 5.69 Å². The summed E-state index contributed by atoms with van der Waals surface area (Å²) >= 11 is 5.74. The molecule has 0 spiro atoms. The Morgan fingerprint density at radius 2 is 1.92 bits per heavy atom. The van der Waals surface area contributed by atoms with Crippen LogP contribution in [0.1, 0.15) is 5.56 Å². The van der Waals surface area contributed by atoms with Crippen LogP contribution < -0.4 is 5.32 Å². The normalized spacial score (nSPS) is 10.6. The summed E-state index contributed by atoms with van der Waals surface area (Å²) in [5.74, 6) is -1.04. The zero-order valence-electron chi connectivity index (χ0n) is 12.3. The number of anilines is 1. The molecule has 2 aromatic carbocycles. The number of hydrogen-bond donors (Lipinski definition) is 1. The summed E-state index contributed by atoms with van der Waals surface area (Å²) in [5.41, 5.74) is 0.857. The van der Waals surface area contributed by atoms with Gasteiger partial charge in [0.1, 0.15) is 11.6 Å². The van der Waals surface area contributed by atoms with E-state index >= 15 is 0 Å². The van der Waals surface area contributed by atoms with Crippen molar-refractivity contribution in [2.75, 3.05) is 5.32 Å². The molecule has 0 saturated heterocycles. The summed E-state index contributed by atoms with van der Waals surface area (Å²) < 4.78 is 28.2. The molecule has 0 aliphatic rings. The summed E-state index contributed by atoms with van der Waals surface area (Å²) in [4.78, 5) is 12.0. The number of carbonyl (C=O) groups excluding carboxylic acids is 1. The van der Waals surface area contributed by atoms with Crippen molar-refractivity contribution in [1.29, 1.82) is 0 Å². The van der Waals surface area contributed by atoms with E-state index in [4.69, 9.17) is 11.6 Å². The summed E-state index contributed by atoms with van der Waals surface area (Å²) in [6.07, 6.45) is 1.50. The maximum absolute atomic E-state index is 13.5. The highest BCUT2D eigenvalue weighted by molar-refractivity contribution is 6.30. The second-order valence-corrected chi connectivity index (χ2v) is 5.47. The topological polar surface area (TPSA) is 46.9 Å². The predicted molar refractivity (Wildman–Crippen MR) is 87.3 cm³/mol. The van der Waals surface area contributed by atoms with Crippen molar-refractivity contribution in [3.05, 3.63) is 76.9 Å². The van der Waals surface area contributed by atoms with Crippen LogP contribution in [-0.4, -0.2) is 15.7 Å². The van der Waals surface area contributed by atoms with E-state index in [9.17, 15) is 13.6 Å². The quantitative estimate of drug-likeness (QED) is 0.775. The Labute approximate surface area is 141 Å². The van der Waals surface area contributed by atoms with Crippen LogP contribution in [-0.2, 0) is 11.2 Å². The van der Waals surface area contributed by atoms with Crippen LogP contribution in [0.4, 0.5) is 14.6 Å². The summed E-state index contributed by atoms with van der Waals surface area (Å²) in [6, 6.07) is 11.8. The molecule has 1 amide bonds. The van der Waals surface area contributed by atoms with Crippen molar-refractivity contribution < 1.29 is 13.6 Å². The highest BCUT2D eigenvalue weighted by Crippen LogP contribution is 2.19.